The van der Waals surface area contributed by atoms with Crippen LogP contribution in [0.3, 0.4) is 0 Å². The van der Waals surface area contributed by atoms with Crippen molar-refractivity contribution in [2.75, 3.05) is 5.32 Å². The number of amides is 1. The highest BCUT2D eigenvalue weighted by atomic mass is 19.4. The van der Waals surface area contributed by atoms with Gasteiger partial charge in [0.2, 0.25) is 5.56 Å². The van der Waals surface area contributed by atoms with E-state index in [0.29, 0.717) is 12.1 Å². The van der Waals surface area contributed by atoms with Gasteiger partial charge >= 0.3 is 6.18 Å². The van der Waals surface area contributed by atoms with E-state index in [1.807, 2.05) is 0 Å². The Morgan fingerprint density at radius 3 is 2.62 bits per heavy atom. The molecule has 1 amide bonds. The average Bonchev–Trinajstić information content (AvgIpc) is 2.64. The molecule has 0 fully saturated rings. The number of carbonyl (C=O) groups is 1. The van der Waals surface area contributed by atoms with Crippen LogP contribution in [0.4, 0.5) is 27.6 Å². The SMILES string of the molecule is O=C(Nc1cc[nH]c(=O)c1)c1cc(C(F)(F)F)ccc1OC1=C(F)C=CCC1F. The van der Waals surface area contributed by atoms with Gasteiger partial charge in [-0.1, -0.05) is 6.08 Å². The van der Waals surface area contributed by atoms with E-state index < -0.39 is 52.3 Å². The zero-order valence-electron chi connectivity index (χ0n) is 14.5. The van der Waals surface area contributed by atoms with Crippen molar-refractivity contribution in [3.63, 3.8) is 0 Å². The van der Waals surface area contributed by atoms with Crippen molar-refractivity contribution in [1.29, 1.82) is 0 Å². The van der Waals surface area contributed by atoms with E-state index in [4.69, 9.17) is 4.74 Å². The van der Waals surface area contributed by atoms with Crippen LogP contribution in [0.5, 0.6) is 5.75 Å². The van der Waals surface area contributed by atoms with Crippen molar-refractivity contribution >= 4 is 11.6 Å². The number of alkyl halides is 4. The topological polar surface area (TPSA) is 71.2 Å². The Hall–Kier alpha value is -3.43. The zero-order chi connectivity index (χ0) is 21.2. The lowest BCUT2D eigenvalue weighted by Crippen LogP contribution is -2.19. The summed E-state index contributed by atoms with van der Waals surface area (Å²) in [6, 6.07) is 4.25. The molecule has 0 bridgehead atoms. The van der Waals surface area contributed by atoms with Crippen molar-refractivity contribution in [2.45, 2.75) is 18.8 Å². The van der Waals surface area contributed by atoms with Crippen LogP contribution in [0, 0.1) is 0 Å². The van der Waals surface area contributed by atoms with Crippen LogP contribution in [-0.4, -0.2) is 17.1 Å². The van der Waals surface area contributed by atoms with Crippen LogP contribution < -0.4 is 15.6 Å². The average molecular weight is 412 g/mol. The molecule has 2 aromatic rings. The number of carbonyl (C=O) groups excluding carboxylic acids is 1. The minimum atomic E-state index is -4.77. The number of benzene rings is 1. The Morgan fingerprint density at radius 1 is 1.21 bits per heavy atom. The summed E-state index contributed by atoms with van der Waals surface area (Å²) in [5.74, 6) is -3.30. The molecule has 2 N–H and O–H groups in total. The van der Waals surface area contributed by atoms with Crippen molar-refractivity contribution in [1.82, 2.24) is 4.98 Å². The quantitative estimate of drug-likeness (QED) is 0.727. The molecular formula is C19H13F5N2O3. The number of ether oxygens (including phenoxy) is 1. The van der Waals surface area contributed by atoms with Gasteiger partial charge in [0.15, 0.2) is 17.8 Å². The fraction of sp³-hybridized carbons (Fsp3) is 0.158. The van der Waals surface area contributed by atoms with Crippen molar-refractivity contribution in [3.05, 3.63) is 81.7 Å². The molecule has 3 rings (SSSR count). The largest absolute Gasteiger partial charge is 0.455 e. The molecule has 0 aliphatic heterocycles. The maximum atomic E-state index is 14.0. The number of anilines is 1. The van der Waals surface area contributed by atoms with Gasteiger partial charge in [-0.25, -0.2) is 8.78 Å². The molecule has 0 saturated heterocycles. The summed E-state index contributed by atoms with van der Waals surface area (Å²) in [5.41, 5.74) is -2.31. The number of pyridine rings is 1. The Kier molecular flexibility index (Phi) is 5.53. The van der Waals surface area contributed by atoms with E-state index in [1.54, 1.807) is 0 Å². The molecule has 1 aromatic heterocycles. The Morgan fingerprint density at radius 2 is 1.97 bits per heavy atom. The molecule has 0 radical (unpaired) electrons. The first kappa shape index (κ1) is 20.3. The molecule has 152 valence electrons. The second-order valence-corrected chi connectivity index (χ2v) is 6.02. The van der Waals surface area contributed by atoms with Crippen LogP contribution in [0.2, 0.25) is 0 Å². The van der Waals surface area contributed by atoms with E-state index in [-0.39, 0.29) is 12.1 Å². The van der Waals surface area contributed by atoms with Gasteiger partial charge in [0, 0.05) is 24.4 Å². The normalized spacial score (nSPS) is 16.7. The highest BCUT2D eigenvalue weighted by Gasteiger charge is 2.33. The van der Waals surface area contributed by atoms with Gasteiger partial charge in [-0.15, -0.1) is 0 Å². The molecule has 1 aromatic carbocycles. The van der Waals surface area contributed by atoms with Crippen molar-refractivity contribution < 1.29 is 31.5 Å². The van der Waals surface area contributed by atoms with E-state index in [1.165, 1.54) is 18.3 Å². The number of rotatable bonds is 4. The standard InChI is InChI=1S/C19H13F5N2O3/c20-13-2-1-3-14(21)17(13)29-15-5-4-10(19(22,23)24)8-12(15)18(28)26-11-6-7-25-16(27)9-11/h1-2,4-9,14H,3H2,(H2,25,26,27,28). The van der Waals surface area contributed by atoms with Gasteiger partial charge in [-0.05, 0) is 30.3 Å². The number of hydrogen-bond acceptors (Lipinski definition) is 3. The van der Waals surface area contributed by atoms with Gasteiger partial charge in [-0.3, -0.25) is 9.59 Å². The molecule has 10 heteroatoms. The van der Waals surface area contributed by atoms with Gasteiger partial charge in [0.05, 0.1) is 11.1 Å². The Bertz CT molecular complexity index is 1060. The third-order valence-electron chi connectivity index (χ3n) is 3.93. The summed E-state index contributed by atoms with van der Waals surface area (Å²) in [5, 5.41) is 2.25. The molecular weight excluding hydrogens is 399 g/mol. The minimum Gasteiger partial charge on any atom is -0.455 e. The number of nitrogens with one attached hydrogen (secondary N) is 2. The summed E-state index contributed by atoms with van der Waals surface area (Å²) in [7, 11) is 0. The Balaban J connectivity index is 2.01. The molecule has 1 atom stereocenters. The first-order chi connectivity index (χ1) is 13.6. The summed E-state index contributed by atoms with van der Waals surface area (Å²) < 4.78 is 72.2. The molecule has 0 saturated carbocycles. The van der Waals surface area contributed by atoms with E-state index >= 15 is 0 Å². The molecule has 29 heavy (non-hydrogen) atoms. The van der Waals surface area contributed by atoms with E-state index in [9.17, 15) is 31.5 Å². The molecule has 1 unspecified atom stereocenters. The van der Waals surface area contributed by atoms with Gasteiger partial charge < -0.3 is 15.0 Å². The number of aromatic amines is 1. The lowest BCUT2D eigenvalue weighted by atomic mass is 10.1. The lowest BCUT2D eigenvalue weighted by molar-refractivity contribution is -0.137. The molecule has 1 aliphatic rings. The number of allylic oxidation sites excluding steroid dienone is 4. The summed E-state index contributed by atoms with van der Waals surface area (Å²) >= 11 is 0. The summed E-state index contributed by atoms with van der Waals surface area (Å²) in [6.07, 6.45) is -3.38. The fourth-order valence-corrected chi connectivity index (χ4v) is 2.55. The minimum absolute atomic E-state index is 0.0106. The number of halogens is 5. The van der Waals surface area contributed by atoms with E-state index in [2.05, 4.69) is 10.3 Å². The van der Waals surface area contributed by atoms with E-state index in [0.717, 1.165) is 18.2 Å². The predicted molar refractivity (Wildman–Crippen MR) is 93.9 cm³/mol. The molecule has 1 heterocycles. The zero-order valence-corrected chi connectivity index (χ0v) is 14.5. The van der Waals surface area contributed by atoms with Gasteiger partial charge in [0.25, 0.3) is 5.91 Å². The predicted octanol–water partition coefficient (Wildman–Crippen LogP) is 4.50. The van der Waals surface area contributed by atoms with Crippen molar-refractivity contribution in [2.24, 2.45) is 0 Å². The highest BCUT2D eigenvalue weighted by Crippen LogP contribution is 2.35. The smallest absolute Gasteiger partial charge is 0.416 e. The third kappa shape index (κ3) is 4.71. The highest BCUT2D eigenvalue weighted by molar-refractivity contribution is 6.06. The monoisotopic (exact) mass is 412 g/mol. The number of H-pyrrole nitrogens is 1. The molecule has 5 nitrogen and oxygen atoms in total. The number of aromatic nitrogens is 1. The lowest BCUT2D eigenvalue weighted by Gasteiger charge is -2.19. The summed E-state index contributed by atoms with van der Waals surface area (Å²) in [4.78, 5) is 26.2. The van der Waals surface area contributed by atoms with Crippen LogP contribution in [0.25, 0.3) is 0 Å². The maximum Gasteiger partial charge on any atom is 0.416 e. The van der Waals surface area contributed by atoms with Crippen LogP contribution in [0.15, 0.2) is 65.1 Å². The Labute approximate surface area is 160 Å². The second-order valence-electron chi connectivity index (χ2n) is 6.02. The fourth-order valence-electron chi connectivity index (χ4n) is 2.55. The van der Waals surface area contributed by atoms with Crippen LogP contribution >= 0.6 is 0 Å². The summed E-state index contributed by atoms with van der Waals surface area (Å²) in [6.45, 7) is 0. The van der Waals surface area contributed by atoms with Gasteiger partial charge in [-0.2, -0.15) is 13.2 Å². The van der Waals surface area contributed by atoms with Crippen LogP contribution in [0.1, 0.15) is 22.3 Å². The van der Waals surface area contributed by atoms with Crippen molar-refractivity contribution in [3.8, 4) is 5.75 Å². The molecule has 0 spiro atoms. The third-order valence-corrected chi connectivity index (χ3v) is 3.93. The first-order valence-corrected chi connectivity index (χ1v) is 8.24. The first-order valence-electron chi connectivity index (χ1n) is 8.24. The molecule has 1 aliphatic carbocycles. The maximum absolute atomic E-state index is 14.0. The van der Waals surface area contributed by atoms with Crippen LogP contribution in [-0.2, 0) is 6.18 Å². The second kappa shape index (κ2) is 7.90. The number of hydrogen-bond donors (Lipinski definition) is 2. The van der Waals surface area contributed by atoms with Gasteiger partial charge in [0.1, 0.15) is 5.75 Å².